The molecule has 102 valence electrons. The minimum Gasteiger partial charge on any atom is -0.387 e. The number of carbonyl (C=O) groups excluding carboxylic acids is 2. The zero-order chi connectivity index (χ0) is 13.8. The number of piperazine rings is 1. The van der Waals surface area contributed by atoms with Crippen LogP contribution in [0.15, 0.2) is 28.7 Å². The molecule has 6 heteroatoms. The SMILES string of the molecule is O=C(CO)N1CCN(C(=O)c2ccc(Br)cc2)CC1. The van der Waals surface area contributed by atoms with Crippen LogP contribution < -0.4 is 0 Å². The van der Waals surface area contributed by atoms with Gasteiger partial charge in [-0.1, -0.05) is 15.9 Å². The number of rotatable bonds is 2. The number of aliphatic hydroxyl groups is 1. The van der Waals surface area contributed by atoms with Gasteiger partial charge in [-0.3, -0.25) is 9.59 Å². The highest BCUT2D eigenvalue weighted by Gasteiger charge is 2.24. The van der Waals surface area contributed by atoms with Gasteiger partial charge in [-0.25, -0.2) is 0 Å². The highest BCUT2D eigenvalue weighted by Crippen LogP contribution is 2.13. The van der Waals surface area contributed by atoms with Gasteiger partial charge in [0.05, 0.1) is 0 Å². The lowest BCUT2D eigenvalue weighted by atomic mass is 10.2. The van der Waals surface area contributed by atoms with Gasteiger partial charge < -0.3 is 14.9 Å². The maximum absolute atomic E-state index is 12.2. The van der Waals surface area contributed by atoms with E-state index in [9.17, 15) is 9.59 Å². The molecule has 19 heavy (non-hydrogen) atoms. The zero-order valence-electron chi connectivity index (χ0n) is 10.4. The number of hydrogen-bond donors (Lipinski definition) is 1. The minimum atomic E-state index is -0.472. The van der Waals surface area contributed by atoms with Crippen molar-refractivity contribution in [2.45, 2.75) is 0 Å². The summed E-state index contributed by atoms with van der Waals surface area (Å²) in [6.45, 7) is 1.48. The van der Waals surface area contributed by atoms with Crippen molar-refractivity contribution in [2.24, 2.45) is 0 Å². The lowest BCUT2D eigenvalue weighted by Gasteiger charge is -2.34. The summed E-state index contributed by atoms with van der Waals surface area (Å²) in [6.07, 6.45) is 0. The molecule has 0 spiro atoms. The van der Waals surface area contributed by atoms with E-state index in [1.807, 2.05) is 12.1 Å². The predicted molar refractivity (Wildman–Crippen MR) is 73.7 cm³/mol. The molecule has 1 heterocycles. The van der Waals surface area contributed by atoms with Crippen LogP contribution in [0.1, 0.15) is 10.4 Å². The summed E-state index contributed by atoms with van der Waals surface area (Å²) < 4.78 is 0.933. The van der Waals surface area contributed by atoms with Crippen LogP contribution in [0.5, 0.6) is 0 Å². The smallest absolute Gasteiger partial charge is 0.253 e. The Morgan fingerprint density at radius 2 is 1.58 bits per heavy atom. The number of carbonyl (C=O) groups is 2. The van der Waals surface area contributed by atoms with Crippen molar-refractivity contribution in [3.05, 3.63) is 34.3 Å². The Balaban J connectivity index is 1.96. The molecule has 2 rings (SSSR count). The molecule has 0 bridgehead atoms. The highest BCUT2D eigenvalue weighted by molar-refractivity contribution is 9.10. The van der Waals surface area contributed by atoms with Crippen molar-refractivity contribution in [1.82, 2.24) is 9.80 Å². The molecule has 0 aliphatic carbocycles. The van der Waals surface area contributed by atoms with Gasteiger partial charge in [0.2, 0.25) is 5.91 Å². The van der Waals surface area contributed by atoms with Crippen LogP contribution in [0.3, 0.4) is 0 Å². The molecule has 0 aromatic heterocycles. The Morgan fingerprint density at radius 3 is 2.11 bits per heavy atom. The molecule has 1 fully saturated rings. The molecule has 0 atom stereocenters. The van der Waals surface area contributed by atoms with Gasteiger partial charge in [-0.05, 0) is 24.3 Å². The second kappa shape index (κ2) is 6.16. The van der Waals surface area contributed by atoms with Gasteiger partial charge in [0.1, 0.15) is 6.61 Å². The largest absolute Gasteiger partial charge is 0.387 e. The van der Waals surface area contributed by atoms with Crippen molar-refractivity contribution in [3.8, 4) is 0 Å². The first kappa shape index (κ1) is 14.0. The molecule has 0 unspecified atom stereocenters. The number of halogens is 1. The third-order valence-corrected chi connectivity index (χ3v) is 3.67. The summed E-state index contributed by atoms with van der Waals surface area (Å²) >= 11 is 3.33. The summed E-state index contributed by atoms with van der Waals surface area (Å²) in [7, 11) is 0. The van der Waals surface area contributed by atoms with E-state index in [0.29, 0.717) is 31.7 Å². The third kappa shape index (κ3) is 3.33. The molecule has 5 nitrogen and oxygen atoms in total. The molecule has 0 radical (unpaired) electrons. The Hall–Kier alpha value is -1.40. The van der Waals surface area contributed by atoms with E-state index in [4.69, 9.17) is 5.11 Å². The standard InChI is InChI=1S/C13H15BrN2O3/c14-11-3-1-10(2-4-11)13(19)16-7-5-15(6-8-16)12(18)9-17/h1-4,17H,5-9H2. The minimum absolute atomic E-state index is 0.0244. The van der Waals surface area contributed by atoms with Gasteiger partial charge in [0.25, 0.3) is 5.91 Å². The van der Waals surface area contributed by atoms with Crippen molar-refractivity contribution in [1.29, 1.82) is 0 Å². The number of nitrogens with zero attached hydrogens (tertiary/aromatic N) is 2. The quantitative estimate of drug-likeness (QED) is 0.871. The Labute approximate surface area is 119 Å². The molecule has 1 aromatic rings. The van der Waals surface area contributed by atoms with Crippen molar-refractivity contribution < 1.29 is 14.7 Å². The first-order valence-corrected chi connectivity index (χ1v) is 6.84. The lowest BCUT2D eigenvalue weighted by molar-refractivity contribution is -0.135. The molecule has 1 aromatic carbocycles. The maximum atomic E-state index is 12.2. The molecule has 1 saturated heterocycles. The first-order chi connectivity index (χ1) is 9.11. The fourth-order valence-corrected chi connectivity index (χ4v) is 2.30. The molecule has 1 aliphatic rings. The Bertz CT molecular complexity index is 467. The number of aliphatic hydroxyl groups excluding tert-OH is 1. The van der Waals surface area contributed by atoms with E-state index < -0.39 is 6.61 Å². The summed E-state index contributed by atoms with van der Waals surface area (Å²) in [5, 5.41) is 8.79. The average Bonchev–Trinajstić information content (AvgIpc) is 2.46. The highest BCUT2D eigenvalue weighted by atomic mass is 79.9. The van der Waals surface area contributed by atoms with E-state index in [-0.39, 0.29) is 11.8 Å². The number of hydrogen-bond acceptors (Lipinski definition) is 3. The van der Waals surface area contributed by atoms with E-state index in [2.05, 4.69) is 15.9 Å². The fourth-order valence-electron chi connectivity index (χ4n) is 2.03. The Morgan fingerprint density at radius 1 is 1.05 bits per heavy atom. The molecular formula is C13H15BrN2O3. The van der Waals surface area contributed by atoms with E-state index >= 15 is 0 Å². The fraction of sp³-hybridized carbons (Fsp3) is 0.385. The molecule has 1 aliphatic heterocycles. The molecule has 2 amide bonds. The molecular weight excluding hydrogens is 312 g/mol. The van der Waals surface area contributed by atoms with Gasteiger partial charge >= 0.3 is 0 Å². The Kier molecular flexibility index (Phi) is 4.55. The van der Waals surface area contributed by atoms with Crippen LogP contribution in [-0.4, -0.2) is 59.5 Å². The van der Waals surface area contributed by atoms with Gasteiger partial charge in [0, 0.05) is 36.2 Å². The van der Waals surface area contributed by atoms with Crippen LogP contribution in [-0.2, 0) is 4.79 Å². The van der Waals surface area contributed by atoms with Gasteiger partial charge in [-0.15, -0.1) is 0 Å². The summed E-state index contributed by atoms with van der Waals surface area (Å²) in [4.78, 5) is 26.8. The normalized spacial score (nSPS) is 15.5. The van der Waals surface area contributed by atoms with Gasteiger partial charge in [-0.2, -0.15) is 0 Å². The molecule has 0 saturated carbocycles. The topological polar surface area (TPSA) is 60.9 Å². The van der Waals surface area contributed by atoms with E-state index in [0.717, 1.165) is 4.47 Å². The van der Waals surface area contributed by atoms with E-state index in [1.54, 1.807) is 21.9 Å². The van der Waals surface area contributed by atoms with Crippen molar-refractivity contribution in [2.75, 3.05) is 32.8 Å². The van der Waals surface area contributed by atoms with Crippen LogP contribution in [0, 0.1) is 0 Å². The second-order valence-electron chi connectivity index (χ2n) is 4.34. The zero-order valence-corrected chi connectivity index (χ0v) is 12.0. The molecule has 1 N–H and O–H groups in total. The van der Waals surface area contributed by atoms with Crippen molar-refractivity contribution >= 4 is 27.7 Å². The summed E-state index contributed by atoms with van der Waals surface area (Å²) in [6, 6.07) is 7.22. The average molecular weight is 327 g/mol. The second-order valence-corrected chi connectivity index (χ2v) is 5.25. The summed E-state index contributed by atoms with van der Waals surface area (Å²) in [5.41, 5.74) is 0.644. The predicted octanol–water partition coefficient (Wildman–Crippen LogP) is 0.726. The maximum Gasteiger partial charge on any atom is 0.253 e. The van der Waals surface area contributed by atoms with E-state index in [1.165, 1.54) is 0 Å². The first-order valence-electron chi connectivity index (χ1n) is 6.05. The summed E-state index contributed by atoms with van der Waals surface area (Å²) in [5.74, 6) is -0.306. The monoisotopic (exact) mass is 326 g/mol. The van der Waals surface area contributed by atoms with Gasteiger partial charge in [0.15, 0.2) is 0 Å². The van der Waals surface area contributed by atoms with Crippen LogP contribution in [0.4, 0.5) is 0 Å². The van der Waals surface area contributed by atoms with Crippen molar-refractivity contribution in [3.63, 3.8) is 0 Å². The third-order valence-electron chi connectivity index (χ3n) is 3.15. The lowest BCUT2D eigenvalue weighted by Crippen LogP contribution is -2.51. The van der Waals surface area contributed by atoms with Crippen LogP contribution in [0.2, 0.25) is 0 Å². The number of benzene rings is 1. The number of amides is 2. The van der Waals surface area contributed by atoms with Crippen LogP contribution in [0.25, 0.3) is 0 Å². The van der Waals surface area contributed by atoms with Crippen LogP contribution >= 0.6 is 15.9 Å².